The lowest BCUT2D eigenvalue weighted by Crippen LogP contribution is -2.23. The Hall–Kier alpha value is -3.45. The summed E-state index contributed by atoms with van der Waals surface area (Å²) in [6.45, 7) is 4.25. The Morgan fingerprint density at radius 1 is 1.14 bits per heavy atom. The molecule has 5 rings (SSSR count). The van der Waals surface area contributed by atoms with Crippen LogP contribution in [-0.2, 0) is 28.7 Å². The first-order chi connectivity index (χ1) is 16.9. The molecular formula is C28H27NO5S. The number of anilines is 1. The van der Waals surface area contributed by atoms with Gasteiger partial charge in [0.05, 0.1) is 17.7 Å². The van der Waals surface area contributed by atoms with E-state index in [1.807, 2.05) is 30.3 Å². The van der Waals surface area contributed by atoms with Crippen molar-refractivity contribution in [2.45, 2.75) is 45.6 Å². The van der Waals surface area contributed by atoms with Gasteiger partial charge in [-0.3, -0.25) is 4.79 Å². The van der Waals surface area contributed by atoms with Crippen molar-refractivity contribution in [3.05, 3.63) is 86.8 Å². The van der Waals surface area contributed by atoms with E-state index in [2.05, 4.69) is 12.2 Å². The monoisotopic (exact) mass is 489 g/mol. The molecule has 1 aliphatic heterocycles. The molecule has 2 heterocycles. The molecule has 0 saturated carbocycles. The van der Waals surface area contributed by atoms with Gasteiger partial charge in [-0.1, -0.05) is 37.3 Å². The van der Waals surface area contributed by atoms with Crippen molar-refractivity contribution in [2.75, 3.05) is 11.9 Å². The van der Waals surface area contributed by atoms with Gasteiger partial charge >= 0.3 is 11.9 Å². The van der Waals surface area contributed by atoms with Gasteiger partial charge in [0.1, 0.15) is 11.1 Å². The highest BCUT2D eigenvalue weighted by molar-refractivity contribution is 7.17. The van der Waals surface area contributed by atoms with E-state index in [0.29, 0.717) is 34.0 Å². The van der Waals surface area contributed by atoms with Crippen LogP contribution in [0.3, 0.4) is 0 Å². The van der Waals surface area contributed by atoms with E-state index < -0.39 is 18.0 Å². The van der Waals surface area contributed by atoms with Crippen molar-refractivity contribution >= 4 is 34.2 Å². The SMILES string of the molecule is CCOC(=O)c1c(NC(=O)c2ccc3c(c2)C[C@H](c2ccccc2)OC3=O)sc2c1CC[C@H](C)C2. The van der Waals surface area contributed by atoms with Gasteiger partial charge in [0.2, 0.25) is 0 Å². The third-order valence-electron chi connectivity index (χ3n) is 6.63. The minimum Gasteiger partial charge on any atom is -0.462 e. The number of nitrogens with one attached hydrogen (secondary N) is 1. The summed E-state index contributed by atoms with van der Waals surface area (Å²) in [6.07, 6.45) is 2.80. The third-order valence-corrected chi connectivity index (χ3v) is 7.80. The van der Waals surface area contributed by atoms with Crippen molar-refractivity contribution in [1.82, 2.24) is 0 Å². The molecule has 2 aliphatic rings. The van der Waals surface area contributed by atoms with E-state index in [1.165, 1.54) is 11.3 Å². The molecule has 1 amide bonds. The molecule has 0 spiro atoms. The summed E-state index contributed by atoms with van der Waals surface area (Å²) >= 11 is 1.46. The van der Waals surface area contributed by atoms with E-state index in [4.69, 9.17) is 9.47 Å². The first-order valence-electron chi connectivity index (χ1n) is 12.0. The van der Waals surface area contributed by atoms with Crippen molar-refractivity contribution in [3.63, 3.8) is 0 Å². The molecule has 35 heavy (non-hydrogen) atoms. The van der Waals surface area contributed by atoms with Gasteiger partial charge in [-0.15, -0.1) is 11.3 Å². The minimum atomic E-state index is -0.395. The predicted molar refractivity (Wildman–Crippen MR) is 134 cm³/mol. The second-order valence-electron chi connectivity index (χ2n) is 9.11. The molecule has 0 unspecified atom stereocenters. The lowest BCUT2D eigenvalue weighted by atomic mass is 9.88. The number of hydrogen-bond donors (Lipinski definition) is 1. The summed E-state index contributed by atoms with van der Waals surface area (Å²) < 4.78 is 10.9. The van der Waals surface area contributed by atoms with Gasteiger partial charge in [0.25, 0.3) is 5.91 Å². The van der Waals surface area contributed by atoms with Crippen LogP contribution in [0.15, 0.2) is 48.5 Å². The molecule has 1 aromatic heterocycles. The van der Waals surface area contributed by atoms with Gasteiger partial charge in [-0.25, -0.2) is 9.59 Å². The Kier molecular flexibility index (Phi) is 6.43. The number of carbonyl (C=O) groups excluding carboxylic acids is 3. The van der Waals surface area contributed by atoms with E-state index in [1.54, 1.807) is 25.1 Å². The van der Waals surface area contributed by atoms with Crippen molar-refractivity contribution in [3.8, 4) is 0 Å². The number of cyclic esters (lactones) is 1. The third kappa shape index (κ3) is 4.60. The minimum absolute atomic E-state index is 0.275. The lowest BCUT2D eigenvalue weighted by Gasteiger charge is -2.25. The quantitative estimate of drug-likeness (QED) is 0.461. The molecule has 3 aromatic rings. The lowest BCUT2D eigenvalue weighted by molar-refractivity contribution is 0.0252. The second kappa shape index (κ2) is 9.66. The smallest absolute Gasteiger partial charge is 0.341 e. The number of hydrogen-bond acceptors (Lipinski definition) is 6. The summed E-state index contributed by atoms with van der Waals surface area (Å²) in [6, 6.07) is 14.6. The standard InChI is InChI=1S/C28H27NO5S/c1-3-33-28(32)24-21-11-9-16(2)13-23(21)35-26(24)29-25(30)18-10-12-20-19(14-18)15-22(34-27(20)31)17-7-5-4-6-8-17/h4-8,10,12,14,16,22H,3,9,11,13,15H2,1-2H3,(H,29,30)/t16-,22+/m0/s1. The van der Waals surface area contributed by atoms with Crippen LogP contribution in [-0.4, -0.2) is 24.5 Å². The van der Waals surface area contributed by atoms with Crippen LogP contribution in [0, 0.1) is 5.92 Å². The zero-order valence-electron chi connectivity index (χ0n) is 19.8. The van der Waals surface area contributed by atoms with Crippen molar-refractivity contribution < 1.29 is 23.9 Å². The van der Waals surface area contributed by atoms with Crippen LogP contribution in [0.2, 0.25) is 0 Å². The summed E-state index contributed by atoms with van der Waals surface area (Å²) in [5.74, 6) is -0.566. The Labute approximate surface area is 208 Å². The molecular weight excluding hydrogens is 462 g/mol. The Bertz CT molecular complexity index is 1300. The molecule has 2 atom stereocenters. The average molecular weight is 490 g/mol. The summed E-state index contributed by atoms with van der Waals surface area (Å²) in [5, 5.41) is 3.50. The van der Waals surface area contributed by atoms with Gasteiger partial charge in [0.15, 0.2) is 0 Å². The van der Waals surface area contributed by atoms with Gasteiger partial charge in [-0.2, -0.15) is 0 Å². The van der Waals surface area contributed by atoms with Gasteiger partial charge in [-0.05, 0) is 67.0 Å². The predicted octanol–water partition coefficient (Wildman–Crippen LogP) is 5.76. The zero-order valence-corrected chi connectivity index (χ0v) is 20.6. The first-order valence-corrected chi connectivity index (χ1v) is 12.8. The fraction of sp³-hybridized carbons (Fsp3) is 0.321. The number of rotatable bonds is 5. The highest BCUT2D eigenvalue weighted by Crippen LogP contribution is 2.40. The molecule has 0 bridgehead atoms. The normalized spacial score (nSPS) is 18.7. The molecule has 0 fully saturated rings. The summed E-state index contributed by atoms with van der Waals surface area (Å²) in [5.41, 5.74) is 4.08. The highest BCUT2D eigenvalue weighted by Gasteiger charge is 2.31. The van der Waals surface area contributed by atoms with Crippen LogP contribution in [0.4, 0.5) is 5.00 Å². The molecule has 2 aromatic carbocycles. The van der Waals surface area contributed by atoms with E-state index in [0.717, 1.165) is 40.8 Å². The molecule has 6 nitrogen and oxygen atoms in total. The van der Waals surface area contributed by atoms with Crippen LogP contribution in [0.1, 0.15) is 79.0 Å². The maximum absolute atomic E-state index is 13.3. The van der Waals surface area contributed by atoms with E-state index in [9.17, 15) is 14.4 Å². The second-order valence-corrected chi connectivity index (χ2v) is 10.2. The number of ether oxygens (including phenoxy) is 2. The molecule has 0 saturated heterocycles. The fourth-order valence-electron chi connectivity index (χ4n) is 4.82. The van der Waals surface area contributed by atoms with E-state index in [-0.39, 0.29) is 12.5 Å². The molecule has 7 heteroatoms. The van der Waals surface area contributed by atoms with Crippen LogP contribution >= 0.6 is 11.3 Å². The summed E-state index contributed by atoms with van der Waals surface area (Å²) in [4.78, 5) is 39.8. The number of thiophene rings is 1. The Morgan fingerprint density at radius 2 is 1.94 bits per heavy atom. The van der Waals surface area contributed by atoms with Crippen molar-refractivity contribution in [1.29, 1.82) is 0 Å². The van der Waals surface area contributed by atoms with Crippen molar-refractivity contribution in [2.24, 2.45) is 5.92 Å². The first kappa shape index (κ1) is 23.3. The largest absolute Gasteiger partial charge is 0.462 e. The average Bonchev–Trinajstić information content (AvgIpc) is 3.21. The Balaban J connectivity index is 1.42. The summed E-state index contributed by atoms with van der Waals surface area (Å²) in [7, 11) is 0. The topological polar surface area (TPSA) is 81.7 Å². The maximum atomic E-state index is 13.3. The highest BCUT2D eigenvalue weighted by atomic mass is 32.1. The maximum Gasteiger partial charge on any atom is 0.341 e. The molecule has 0 radical (unpaired) electrons. The Morgan fingerprint density at radius 3 is 2.71 bits per heavy atom. The molecule has 180 valence electrons. The van der Waals surface area contributed by atoms with Crippen LogP contribution in [0.5, 0.6) is 0 Å². The van der Waals surface area contributed by atoms with Gasteiger partial charge in [0, 0.05) is 16.9 Å². The number of carbonyl (C=O) groups is 3. The van der Waals surface area contributed by atoms with Crippen LogP contribution in [0.25, 0.3) is 0 Å². The number of benzene rings is 2. The number of esters is 2. The number of amides is 1. The molecule has 1 aliphatic carbocycles. The molecule has 1 N–H and O–H groups in total. The fourth-order valence-corrected chi connectivity index (χ4v) is 6.22. The zero-order chi connectivity index (χ0) is 24.5. The van der Waals surface area contributed by atoms with Crippen LogP contribution < -0.4 is 5.32 Å². The van der Waals surface area contributed by atoms with Gasteiger partial charge < -0.3 is 14.8 Å². The van der Waals surface area contributed by atoms with E-state index >= 15 is 0 Å². The number of fused-ring (bicyclic) bond motifs is 2.